The molecule has 1 N–H and O–H groups in total. The monoisotopic (exact) mass is 523 g/mol. The number of anilines is 1. The van der Waals surface area contributed by atoms with Gasteiger partial charge in [0.2, 0.25) is 0 Å². The number of hydrogen-bond acceptors (Lipinski definition) is 3. The lowest BCUT2D eigenvalue weighted by Crippen LogP contribution is -2.04. The molecular weight excluding hydrogens is 497 g/mol. The van der Waals surface area contributed by atoms with Crippen molar-refractivity contribution in [3.63, 3.8) is 0 Å². The minimum atomic E-state index is 0.494. The molecule has 4 aromatic rings. The van der Waals surface area contributed by atoms with Crippen LogP contribution >= 0.6 is 22.6 Å². The molecule has 0 fully saturated rings. The summed E-state index contributed by atoms with van der Waals surface area (Å²) in [5, 5.41) is 5.98. The fourth-order valence-electron chi connectivity index (χ4n) is 3.71. The van der Waals surface area contributed by atoms with Crippen molar-refractivity contribution in [1.29, 1.82) is 0 Å². The smallest absolute Gasteiger partial charge is 0.174 e. The van der Waals surface area contributed by atoms with E-state index in [1.54, 1.807) is 7.11 Å². The van der Waals surface area contributed by atoms with Crippen LogP contribution in [0.1, 0.15) is 22.3 Å². The highest BCUT2D eigenvalue weighted by atomic mass is 127. The Hall–Kier alpha value is -2.73. The van der Waals surface area contributed by atoms with Crippen LogP contribution in [0.5, 0.6) is 11.5 Å². The second-order valence-electron chi connectivity index (χ2n) is 7.71. The van der Waals surface area contributed by atoms with Gasteiger partial charge in [0.15, 0.2) is 11.5 Å². The molecule has 4 rings (SSSR count). The first-order chi connectivity index (χ1) is 15.0. The Balaban J connectivity index is 1.53. The van der Waals surface area contributed by atoms with E-state index in [0.29, 0.717) is 6.61 Å². The Morgan fingerprint density at radius 2 is 1.71 bits per heavy atom. The summed E-state index contributed by atoms with van der Waals surface area (Å²) >= 11 is 2.33. The van der Waals surface area contributed by atoms with Gasteiger partial charge in [-0.2, -0.15) is 0 Å². The van der Waals surface area contributed by atoms with Gasteiger partial charge in [-0.3, -0.25) is 0 Å². The number of fused-ring (bicyclic) bond motifs is 1. The Morgan fingerprint density at radius 1 is 0.903 bits per heavy atom. The number of aryl methyl sites for hydroxylation is 2. The number of rotatable bonds is 7. The third-order valence-corrected chi connectivity index (χ3v) is 6.22. The van der Waals surface area contributed by atoms with Gasteiger partial charge in [0.1, 0.15) is 6.61 Å². The predicted molar refractivity (Wildman–Crippen MR) is 137 cm³/mol. The lowest BCUT2D eigenvalue weighted by Gasteiger charge is -2.16. The van der Waals surface area contributed by atoms with E-state index in [2.05, 4.69) is 115 Å². The second-order valence-corrected chi connectivity index (χ2v) is 8.87. The van der Waals surface area contributed by atoms with Crippen molar-refractivity contribution < 1.29 is 9.47 Å². The van der Waals surface area contributed by atoms with Crippen LogP contribution in [0.4, 0.5) is 5.69 Å². The zero-order valence-electron chi connectivity index (χ0n) is 18.0. The summed E-state index contributed by atoms with van der Waals surface area (Å²) < 4.78 is 13.0. The molecule has 4 aromatic carbocycles. The largest absolute Gasteiger partial charge is 0.493 e. The Kier molecular flexibility index (Phi) is 6.66. The molecule has 0 unspecified atom stereocenters. The van der Waals surface area contributed by atoms with Gasteiger partial charge in [-0.15, -0.1) is 0 Å². The molecule has 0 amide bonds. The summed E-state index contributed by atoms with van der Waals surface area (Å²) in [5.41, 5.74) is 5.96. The summed E-state index contributed by atoms with van der Waals surface area (Å²) in [4.78, 5) is 0. The van der Waals surface area contributed by atoms with Gasteiger partial charge in [0.25, 0.3) is 0 Å². The van der Waals surface area contributed by atoms with Crippen molar-refractivity contribution >= 4 is 39.1 Å². The van der Waals surface area contributed by atoms with Gasteiger partial charge < -0.3 is 14.8 Å². The van der Waals surface area contributed by atoms with E-state index >= 15 is 0 Å². The van der Waals surface area contributed by atoms with E-state index < -0.39 is 0 Å². The van der Waals surface area contributed by atoms with Crippen LogP contribution in [-0.4, -0.2) is 7.11 Å². The van der Waals surface area contributed by atoms with Crippen LogP contribution in [0.3, 0.4) is 0 Å². The Morgan fingerprint density at radius 3 is 2.55 bits per heavy atom. The molecule has 158 valence electrons. The van der Waals surface area contributed by atoms with Gasteiger partial charge in [-0.25, -0.2) is 0 Å². The fourth-order valence-corrected chi connectivity index (χ4v) is 4.53. The van der Waals surface area contributed by atoms with E-state index in [1.807, 2.05) is 0 Å². The first-order valence-electron chi connectivity index (χ1n) is 10.3. The predicted octanol–water partition coefficient (Wildman–Crippen LogP) is 7.26. The molecular formula is C27H26INO2. The lowest BCUT2D eigenvalue weighted by atomic mass is 10.1. The first kappa shape index (κ1) is 21.5. The Bertz CT molecular complexity index is 1210. The van der Waals surface area contributed by atoms with E-state index in [1.165, 1.54) is 21.9 Å². The van der Waals surface area contributed by atoms with Crippen molar-refractivity contribution in [1.82, 2.24) is 0 Å². The minimum absolute atomic E-state index is 0.494. The molecule has 31 heavy (non-hydrogen) atoms. The molecule has 0 radical (unpaired) electrons. The summed E-state index contributed by atoms with van der Waals surface area (Å²) in [7, 11) is 1.69. The third kappa shape index (κ3) is 4.96. The quantitative estimate of drug-likeness (QED) is 0.259. The summed E-state index contributed by atoms with van der Waals surface area (Å²) in [5.74, 6) is 1.54. The number of halogens is 1. The molecule has 0 atom stereocenters. The summed E-state index contributed by atoms with van der Waals surface area (Å²) in [6.45, 7) is 5.45. The Labute approximate surface area is 197 Å². The van der Waals surface area contributed by atoms with Gasteiger partial charge in [-0.1, -0.05) is 54.6 Å². The minimum Gasteiger partial charge on any atom is -0.493 e. The zero-order valence-corrected chi connectivity index (χ0v) is 20.2. The van der Waals surface area contributed by atoms with E-state index in [4.69, 9.17) is 9.47 Å². The number of nitrogens with one attached hydrogen (secondary N) is 1. The standard InChI is InChI=1S/C27H26INO2/c1-18-11-12-19(2)25(13-18)29-16-20-14-24(28)27(26(15-20)30-3)31-17-22-9-6-8-21-7-4-5-10-23(21)22/h4-15,29H,16-17H2,1-3H3. The first-order valence-corrected chi connectivity index (χ1v) is 11.4. The average molecular weight is 523 g/mol. The normalized spacial score (nSPS) is 10.8. The molecule has 0 aliphatic rings. The van der Waals surface area contributed by atoms with Crippen molar-refractivity contribution in [3.8, 4) is 11.5 Å². The molecule has 0 saturated carbocycles. The van der Waals surface area contributed by atoms with Crippen LogP contribution in [0.2, 0.25) is 0 Å². The van der Waals surface area contributed by atoms with E-state index in [9.17, 15) is 0 Å². The van der Waals surface area contributed by atoms with Crippen LogP contribution in [0.25, 0.3) is 10.8 Å². The van der Waals surface area contributed by atoms with Gasteiger partial charge in [-0.05, 0) is 87.7 Å². The maximum absolute atomic E-state index is 6.25. The highest BCUT2D eigenvalue weighted by Gasteiger charge is 2.13. The van der Waals surface area contributed by atoms with Crippen molar-refractivity contribution in [2.75, 3.05) is 12.4 Å². The van der Waals surface area contributed by atoms with Crippen LogP contribution < -0.4 is 14.8 Å². The van der Waals surface area contributed by atoms with Crippen LogP contribution in [0.15, 0.2) is 72.8 Å². The molecule has 0 heterocycles. The lowest BCUT2D eigenvalue weighted by molar-refractivity contribution is 0.283. The number of hydrogen-bond donors (Lipinski definition) is 1. The third-order valence-electron chi connectivity index (χ3n) is 5.42. The fraction of sp³-hybridized carbons (Fsp3) is 0.185. The summed E-state index contributed by atoms with van der Waals surface area (Å²) in [6, 6.07) is 25.4. The van der Waals surface area contributed by atoms with Crippen LogP contribution in [0, 0.1) is 17.4 Å². The van der Waals surface area contributed by atoms with Crippen molar-refractivity contribution in [2.45, 2.75) is 27.0 Å². The topological polar surface area (TPSA) is 30.5 Å². The molecule has 0 aromatic heterocycles. The second kappa shape index (κ2) is 9.60. The zero-order chi connectivity index (χ0) is 21.8. The average Bonchev–Trinajstić information content (AvgIpc) is 2.78. The van der Waals surface area contributed by atoms with E-state index in [0.717, 1.165) is 38.4 Å². The van der Waals surface area contributed by atoms with Crippen LogP contribution in [-0.2, 0) is 13.2 Å². The molecule has 0 aliphatic carbocycles. The maximum atomic E-state index is 6.25. The SMILES string of the molecule is COc1cc(CNc2cc(C)ccc2C)cc(I)c1OCc1cccc2ccccc12. The molecule has 0 saturated heterocycles. The highest BCUT2D eigenvalue weighted by Crippen LogP contribution is 2.35. The van der Waals surface area contributed by atoms with E-state index in [-0.39, 0.29) is 0 Å². The van der Waals surface area contributed by atoms with Gasteiger partial charge in [0, 0.05) is 12.2 Å². The van der Waals surface area contributed by atoms with Crippen molar-refractivity contribution in [3.05, 3.63) is 98.6 Å². The summed E-state index contributed by atoms with van der Waals surface area (Å²) in [6.07, 6.45) is 0. The van der Waals surface area contributed by atoms with Crippen molar-refractivity contribution in [2.24, 2.45) is 0 Å². The molecule has 4 heteroatoms. The number of ether oxygens (including phenoxy) is 2. The van der Waals surface area contributed by atoms with Gasteiger partial charge in [0.05, 0.1) is 10.7 Å². The molecule has 0 aliphatic heterocycles. The van der Waals surface area contributed by atoms with Gasteiger partial charge >= 0.3 is 0 Å². The molecule has 3 nitrogen and oxygen atoms in total. The maximum Gasteiger partial charge on any atom is 0.174 e. The molecule has 0 spiro atoms. The highest BCUT2D eigenvalue weighted by molar-refractivity contribution is 14.1. The number of benzene rings is 4. The molecule has 0 bridgehead atoms. The number of methoxy groups -OCH3 is 1.